The number of phenolic OH excluding ortho intramolecular Hbond substituents is 1. The van der Waals surface area contributed by atoms with Gasteiger partial charge in [-0.05, 0) is 48.2 Å². The molecule has 0 bridgehead atoms. The number of hydrogen-bond acceptors (Lipinski definition) is 7. The van der Waals surface area contributed by atoms with Crippen LogP contribution in [0.15, 0.2) is 36.4 Å². The van der Waals surface area contributed by atoms with Gasteiger partial charge in [-0.15, -0.1) is 0 Å². The summed E-state index contributed by atoms with van der Waals surface area (Å²) in [5, 5.41) is 48.5. The highest BCUT2D eigenvalue weighted by atomic mass is 16.5. The van der Waals surface area contributed by atoms with Crippen molar-refractivity contribution in [3.63, 3.8) is 0 Å². The standard InChI is InChI=1S/C20H26O7/c1-26-18-10-14(5-6-16(18)24)20(25)19(12-23)27-17-7-4-13(3-2-8-21)9-15(17)11-22/h4-7,9-10,19-25H,2-3,8,11-12H2,1H3/t19-,20-/m1/s1. The number of methoxy groups -OCH3 is 1. The van der Waals surface area contributed by atoms with Gasteiger partial charge >= 0.3 is 0 Å². The number of benzene rings is 2. The van der Waals surface area contributed by atoms with E-state index < -0.39 is 18.8 Å². The molecule has 0 aliphatic carbocycles. The minimum absolute atomic E-state index is 0.0593. The molecule has 5 N–H and O–H groups in total. The lowest BCUT2D eigenvalue weighted by Gasteiger charge is -2.24. The van der Waals surface area contributed by atoms with Crippen LogP contribution in [0.5, 0.6) is 17.2 Å². The van der Waals surface area contributed by atoms with Gasteiger partial charge in [0.2, 0.25) is 0 Å². The number of aryl methyl sites for hydroxylation is 1. The van der Waals surface area contributed by atoms with E-state index in [-0.39, 0.29) is 24.7 Å². The van der Waals surface area contributed by atoms with E-state index in [1.54, 1.807) is 12.1 Å². The molecule has 7 heteroatoms. The maximum absolute atomic E-state index is 10.6. The molecule has 148 valence electrons. The molecule has 0 saturated heterocycles. The summed E-state index contributed by atoms with van der Waals surface area (Å²) in [6.45, 7) is -0.632. The lowest BCUT2D eigenvalue weighted by atomic mass is 10.0. The van der Waals surface area contributed by atoms with Gasteiger partial charge in [0, 0.05) is 12.2 Å². The molecule has 2 atom stereocenters. The van der Waals surface area contributed by atoms with Crippen molar-refractivity contribution in [2.45, 2.75) is 31.7 Å². The topological polar surface area (TPSA) is 120 Å². The molecule has 0 spiro atoms. The highest BCUT2D eigenvalue weighted by molar-refractivity contribution is 5.43. The van der Waals surface area contributed by atoms with Crippen LogP contribution >= 0.6 is 0 Å². The minimum atomic E-state index is -1.18. The normalized spacial score (nSPS) is 13.2. The zero-order chi connectivity index (χ0) is 19.8. The van der Waals surface area contributed by atoms with Crippen molar-refractivity contribution in [2.75, 3.05) is 20.3 Å². The Hall–Kier alpha value is -2.32. The summed E-state index contributed by atoms with van der Waals surface area (Å²) in [6, 6.07) is 9.63. The van der Waals surface area contributed by atoms with Gasteiger partial charge in [0.1, 0.15) is 11.9 Å². The molecule has 0 heterocycles. The van der Waals surface area contributed by atoms with E-state index in [1.807, 2.05) is 6.07 Å². The molecule has 0 amide bonds. The van der Waals surface area contributed by atoms with Gasteiger partial charge in [-0.25, -0.2) is 0 Å². The first kappa shape index (κ1) is 21.0. The lowest BCUT2D eigenvalue weighted by molar-refractivity contribution is -0.000351. The monoisotopic (exact) mass is 378 g/mol. The maximum atomic E-state index is 10.6. The van der Waals surface area contributed by atoms with Crippen molar-refractivity contribution in [1.82, 2.24) is 0 Å². The van der Waals surface area contributed by atoms with E-state index in [0.29, 0.717) is 29.7 Å². The Morgan fingerprint density at radius 2 is 1.78 bits per heavy atom. The third-order valence-electron chi connectivity index (χ3n) is 4.27. The van der Waals surface area contributed by atoms with Crippen molar-refractivity contribution in [3.05, 3.63) is 53.1 Å². The highest BCUT2D eigenvalue weighted by Gasteiger charge is 2.24. The van der Waals surface area contributed by atoms with E-state index >= 15 is 0 Å². The predicted octanol–water partition coefficient (Wildman–Crippen LogP) is 1.29. The molecule has 0 saturated carbocycles. The summed E-state index contributed by atoms with van der Waals surface area (Å²) in [5.74, 6) is 0.498. The molecule has 0 fully saturated rings. The predicted molar refractivity (Wildman–Crippen MR) is 98.9 cm³/mol. The number of aliphatic hydroxyl groups is 4. The average Bonchev–Trinajstić information content (AvgIpc) is 2.70. The largest absolute Gasteiger partial charge is 0.504 e. The molecule has 0 aromatic heterocycles. The Morgan fingerprint density at radius 1 is 1.00 bits per heavy atom. The van der Waals surface area contributed by atoms with Crippen LogP contribution < -0.4 is 9.47 Å². The van der Waals surface area contributed by atoms with Crippen LogP contribution in [0.1, 0.15) is 29.2 Å². The summed E-state index contributed by atoms with van der Waals surface area (Å²) in [4.78, 5) is 0. The third-order valence-corrected chi connectivity index (χ3v) is 4.27. The molecule has 0 aliphatic rings. The second kappa shape index (κ2) is 10.1. The first-order valence-corrected chi connectivity index (χ1v) is 8.70. The van der Waals surface area contributed by atoms with Crippen molar-refractivity contribution < 1.29 is 35.0 Å². The van der Waals surface area contributed by atoms with Gasteiger partial charge in [-0.1, -0.05) is 12.1 Å². The van der Waals surface area contributed by atoms with Crippen molar-refractivity contribution >= 4 is 0 Å². The molecular weight excluding hydrogens is 352 g/mol. The molecule has 0 unspecified atom stereocenters. The van der Waals surface area contributed by atoms with E-state index in [1.165, 1.54) is 25.3 Å². The van der Waals surface area contributed by atoms with Gasteiger partial charge < -0.3 is 35.0 Å². The molecule has 0 aliphatic heterocycles. The van der Waals surface area contributed by atoms with Crippen LogP contribution in [0.3, 0.4) is 0 Å². The zero-order valence-corrected chi connectivity index (χ0v) is 15.2. The first-order chi connectivity index (χ1) is 13.0. The summed E-state index contributed by atoms with van der Waals surface area (Å²) >= 11 is 0. The number of hydrogen-bond donors (Lipinski definition) is 5. The molecule has 27 heavy (non-hydrogen) atoms. The van der Waals surface area contributed by atoms with Gasteiger partial charge in [0.15, 0.2) is 17.6 Å². The van der Waals surface area contributed by atoms with E-state index in [9.17, 15) is 20.4 Å². The Labute approximate surface area is 158 Å². The van der Waals surface area contributed by atoms with Crippen LogP contribution in [-0.2, 0) is 13.0 Å². The van der Waals surface area contributed by atoms with Crippen molar-refractivity contribution in [3.8, 4) is 17.2 Å². The lowest BCUT2D eigenvalue weighted by Crippen LogP contribution is -2.29. The third kappa shape index (κ3) is 5.33. The summed E-state index contributed by atoms with van der Waals surface area (Å²) in [7, 11) is 1.40. The van der Waals surface area contributed by atoms with Crippen LogP contribution in [0.4, 0.5) is 0 Å². The fourth-order valence-corrected chi connectivity index (χ4v) is 2.77. The fourth-order valence-electron chi connectivity index (χ4n) is 2.77. The van der Waals surface area contributed by atoms with Crippen molar-refractivity contribution in [2.24, 2.45) is 0 Å². The van der Waals surface area contributed by atoms with Crippen LogP contribution in [0, 0.1) is 0 Å². The zero-order valence-electron chi connectivity index (χ0n) is 15.2. The second-order valence-corrected chi connectivity index (χ2v) is 6.14. The maximum Gasteiger partial charge on any atom is 0.160 e. The molecular formula is C20H26O7. The molecule has 2 aromatic rings. The van der Waals surface area contributed by atoms with Crippen LogP contribution in [0.2, 0.25) is 0 Å². The SMILES string of the molecule is COc1cc([C@@H](O)[C@@H](CO)Oc2ccc(CCCO)cc2CO)ccc1O. The molecule has 0 radical (unpaired) electrons. The van der Waals surface area contributed by atoms with E-state index in [0.717, 1.165) is 5.56 Å². The number of phenols is 1. The summed E-state index contributed by atoms with van der Waals surface area (Å²) < 4.78 is 10.8. The Morgan fingerprint density at radius 3 is 2.41 bits per heavy atom. The fraction of sp³-hybridized carbons (Fsp3) is 0.400. The van der Waals surface area contributed by atoms with Crippen molar-refractivity contribution in [1.29, 1.82) is 0 Å². The van der Waals surface area contributed by atoms with Crippen LogP contribution in [-0.4, -0.2) is 52.0 Å². The molecule has 2 rings (SSSR count). The molecule has 2 aromatic carbocycles. The minimum Gasteiger partial charge on any atom is -0.504 e. The Bertz CT molecular complexity index is 732. The van der Waals surface area contributed by atoms with E-state index in [4.69, 9.17) is 14.6 Å². The number of ether oxygens (including phenoxy) is 2. The van der Waals surface area contributed by atoms with Crippen LogP contribution in [0.25, 0.3) is 0 Å². The number of aromatic hydroxyl groups is 1. The Kier molecular flexibility index (Phi) is 7.87. The number of aliphatic hydroxyl groups excluding tert-OH is 4. The summed E-state index contributed by atoms with van der Waals surface area (Å²) in [6.07, 6.45) is -0.868. The van der Waals surface area contributed by atoms with E-state index in [2.05, 4.69) is 0 Å². The smallest absolute Gasteiger partial charge is 0.160 e. The average molecular weight is 378 g/mol. The highest BCUT2D eigenvalue weighted by Crippen LogP contribution is 2.32. The quantitative estimate of drug-likeness (QED) is 0.423. The van der Waals surface area contributed by atoms with Gasteiger partial charge in [0.05, 0.1) is 20.3 Å². The summed E-state index contributed by atoms with van der Waals surface area (Å²) in [5.41, 5.74) is 1.89. The number of rotatable bonds is 10. The molecule has 7 nitrogen and oxygen atoms in total. The first-order valence-electron chi connectivity index (χ1n) is 8.70. The Balaban J connectivity index is 2.20. The van der Waals surface area contributed by atoms with Gasteiger partial charge in [-0.3, -0.25) is 0 Å². The van der Waals surface area contributed by atoms with Gasteiger partial charge in [0.25, 0.3) is 0 Å². The van der Waals surface area contributed by atoms with Gasteiger partial charge in [-0.2, -0.15) is 0 Å². The second-order valence-electron chi connectivity index (χ2n) is 6.14.